The summed E-state index contributed by atoms with van der Waals surface area (Å²) in [5, 5.41) is 0. The minimum atomic E-state index is 0.175. The lowest BCUT2D eigenvalue weighted by Crippen LogP contribution is -2.12. The van der Waals surface area contributed by atoms with Gasteiger partial charge in [0.15, 0.2) is 11.6 Å². The van der Waals surface area contributed by atoms with Crippen LogP contribution in [0.5, 0.6) is 0 Å². The zero-order valence-corrected chi connectivity index (χ0v) is 14.2. The maximum absolute atomic E-state index is 11.7. The van der Waals surface area contributed by atoms with Crippen molar-refractivity contribution in [3.8, 4) is 11.3 Å². The number of carbonyl (C=O) groups is 2. The van der Waals surface area contributed by atoms with E-state index < -0.39 is 0 Å². The van der Waals surface area contributed by atoms with Gasteiger partial charge in [0.25, 0.3) is 0 Å². The first-order valence-corrected chi connectivity index (χ1v) is 8.71. The van der Waals surface area contributed by atoms with E-state index in [2.05, 4.69) is 4.98 Å². The van der Waals surface area contributed by atoms with Crippen molar-refractivity contribution in [3.05, 3.63) is 65.5 Å². The van der Waals surface area contributed by atoms with Gasteiger partial charge in [-0.2, -0.15) is 0 Å². The molecule has 0 unspecified atom stereocenters. The zero-order valence-electron chi connectivity index (χ0n) is 14.2. The van der Waals surface area contributed by atoms with E-state index in [1.54, 1.807) is 0 Å². The normalized spacial score (nSPS) is 16.4. The van der Waals surface area contributed by atoms with Crippen molar-refractivity contribution < 1.29 is 9.59 Å². The van der Waals surface area contributed by atoms with Gasteiger partial charge in [0.1, 0.15) is 0 Å². The molecular weight excluding hydrogens is 312 g/mol. The minimum Gasteiger partial charge on any atom is -0.402 e. The predicted octanol–water partition coefficient (Wildman–Crippen LogP) is 3.85. The number of benzene rings is 1. The van der Waals surface area contributed by atoms with Crippen LogP contribution >= 0.6 is 0 Å². The van der Waals surface area contributed by atoms with Gasteiger partial charge in [0, 0.05) is 29.7 Å². The standard InChI is InChI=1S/C15H13NO.C6H9NO/c17-15-8-4-7-14-12(15)9-10-13(16-14)11-5-2-1-3-6-11;7-5-2-1-3-6(8)4-5/h1-3,5-6,9-10H,4,7-8H2;4H,1-3,7H2. The Morgan fingerprint density at radius 2 is 1.60 bits per heavy atom. The van der Waals surface area contributed by atoms with Crippen LogP contribution in [0.3, 0.4) is 0 Å². The number of aromatic nitrogens is 1. The van der Waals surface area contributed by atoms with Gasteiger partial charge in [-0.1, -0.05) is 30.3 Å². The highest BCUT2D eigenvalue weighted by Crippen LogP contribution is 2.24. The lowest BCUT2D eigenvalue weighted by Gasteiger charge is -2.14. The molecule has 2 aromatic rings. The maximum atomic E-state index is 11.7. The Balaban J connectivity index is 0.000000192. The molecular formula is C21H22N2O2. The fourth-order valence-electron chi connectivity index (χ4n) is 3.08. The van der Waals surface area contributed by atoms with Crippen molar-refractivity contribution in [1.29, 1.82) is 0 Å². The van der Waals surface area contributed by atoms with Crippen LogP contribution < -0.4 is 5.73 Å². The summed E-state index contributed by atoms with van der Waals surface area (Å²) in [4.78, 5) is 26.8. The van der Waals surface area contributed by atoms with Crippen LogP contribution in [0.25, 0.3) is 11.3 Å². The second-order valence-corrected chi connectivity index (χ2v) is 6.37. The highest BCUT2D eigenvalue weighted by atomic mass is 16.1. The number of nitrogens with zero attached hydrogens (tertiary/aromatic N) is 1. The van der Waals surface area contributed by atoms with Crippen molar-refractivity contribution in [1.82, 2.24) is 4.98 Å². The number of carbonyl (C=O) groups excluding carboxylic acids is 2. The molecule has 1 aromatic carbocycles. The molecule has 0 radical (unpaired) electrons. The highest BCUT2D eigenvalue weighted by Gasteiger charge is 2.18. The summed E-state index contributed by atoms with van der Waals surface area (Å²) in [6.45, 7) is 0. The number of hydrogen-bond donors (Lipinski definition) is 1. The van der Waals surface area contributed by atoms with Crippen molar-refractivity contribution >= 4 is 11.6 Å². The van der Waals surface area contributed by atoms with E-state index >= 15 is 0 Å². The molecule has 1 aromatic heterocycles. The fourth-order valence-corrected chi connectivity index (χ4v) is 3.08. The van der Waals surface area contributed by atoms with E-state index in [4.69, 9.17) is 5.73 Å². The molecule has 0 aliphatic heterocycles. The number of pyridine rings is 1. The Hall–Kier alpha value is -2.75. The smallest absolute Gasteiger partial charge is 0.164 e. The van der Waals surface area contributed by atoms with Gasteiger partial charge in [0.05, 0.1) is 11.4 Å². The van der Waals surface area contributed by atoms with E-state index in [1.807, 2.05) is 42.5 Å². The molecule has 2 aliphatic carbocycles. The van der Waals surface area contributed by atoms with Crippen LogP contribution in [-0.4, -0.2) is 16.6 Å². The molecule has 2 N–H and O–H groups in total. The van der Waals surface area contributed by atoms with Crippen molar-refractivity contribution in [2.45, 2.75) is 38.5 Å². The Morgan fingerprint density at radius 1 is 0.840 bits per heavy atom. The van der Waals surface area contributed by atoms with Gasteiger partial charge >= 0.3 is 0 Å². The number of nitrogens with two attached hydrogens (primary N) is 1. The van der Waals surface area contributed by atoms with E-state index in [9.17, 15) is 9.59 Å². The third kappa shape index (κ3) is 4.41. The molecule has 0 saturated carbocycles. The van der Waals surface area contributed by atoms with E-state index in [0.717, 1.165) is 53.9 Å². The van der Waals surface area contributed by atoms with Crippen molar-refractivity contribution in [2.75, 3.05) is 0 Å². The van der Waals surface area contributed by atoms with Gasteiger partial charge in [0.2, 0.25) is 0 Å². The largest absolute Gasteiger partial charge is 0.402 e. The van der Waals surface area contributed by atoms with Gasteiger partial charge in [-0.3, -0.25) is 14.6 Å². The Labute approximate surface area is 147 Å². The first kappa shape index (κ1) is 17.1. The average Bonchev–Trinajstić information content (AvgIpc) is 2.63. The molecule has 0 fully saturated rings. The van der Waals surface area contributed by atoms with Crippen LogP contribution in [0.1, 0.15) is 48.2 Å². The predicted molar refractivity (Wildman–Crippen MR) is 98.1 cm³/mol. The summed E-state index contributed by atoms with van der Waals surface area (Å²) >= 11 is 0. The SMILES string of the molecule is NC1=CC(=O)CCC1.O=C1CCCc2nc(-c3ccccc3)ccc21. The second kappa shape index (κ2) is 7.88. The Morgan fingerprint density at radius 3 is 2.28 bits per heavy atom. The lowest BCUT2D eigenvalue weighted by molar-refractivity contribution is -0.115. The maximum Gasteiger partial charge on any atom is 0.164 e. The van der Waals surface area contributed by atoms with Gasteiger partial charge in [-0.15, -0.1) is 0 Å². The molecule has 0 saturated heterocycles. The third-order valence-electron chi connectivity index (χ3n) is 4.40. The number of aryl methyl sites for hydroxylation is 1. The van der Waals surface area contributed by atoms with E-state index in [0.29, 0.717) is 12.8 Å². The van der Waals surface area contributed by atoms with E-state index in [1.165, 1.54) is 6.08 Å². The quantitative estimate of drug-likeness (QED) is 0.859. The summed E-state index contributed by atoms with van der Waals surface area (Å²) < 4.78 is 0. The molecule has 25 heavy (non-hydrogen) atoms. The van der Waals surface area contributed by atoms with Crippen molar-refractivity contribution in [2.24, 2.45) is 5.73 Å². The zero-order chi connectivity index (χ0) is 17.6. The van der Waals surface area contributed by atoms with Crippen LogP contribution in [0, 0.1) is 0 Å². The highest BCUT2D eigenvalue weighted by molar-refractivity contribution is 5.98. The summed E-state index contributed by atoms with van der Waals surface area (Å²) in [5.41, 5.74) is 9.94. The van der Waals surface area contributed by atoms with E-state index in [-0.39, 0.29) is 11.6 Å². The lowest BCUT2D eigenvalue weighted by atomic mass is 9.94. The monoisotopic (exact) mass is 334 g/mol. The number of Topliss-reactive ketones (excluding diaryl/α,β-unsaturated/α-hetero) is 1. The Kier molecular flexibility index (Phi) is 5.39. The third-order valence-corrected chi connectivity index (χ3v) is 4.40. The molecule has 0 atom stereocenters. The molecule has 4 rings (SSSR count). The molecule has 0 bridgehead atoms. The van der Waals surface area contributed by atoms with Crippen LogP contribution in [0.4, 0.5) is 0 Å². The van der Waals surface area contributed by atoms with Crippen LogP contribution in [0.2, 0.25) is 0 Å². The number of ketones is 2. The number of hydrogen-bond acceptors (Lipinski definition) is 4. The van der Waals surface area contributed by atoms with Gasteiger partial charge in [-0.25, -0.2) is 0 Å². The minimum absolute atomic E-state index is 0.175. The molecule has 1 heterocycles. The molecule has 0 spiro atoms. The number of fused-ring (bicyclic) bond motifs is 1. The molecule has 4 heteroatoms. The average molecular weight is 334 g/mol. The van der Waals surface area contributed by atoms with Gasteiger partial charge < -0.3 is 5.73 Å². The van der Waals surface area contributed by atoms with Crippen LogP contribution in [0.15, 0.2) is 54.2 Å². The number of allylic oxidation sites excluding steroid dienone is 2. The number of rotatable bonds is 1. The summed E-state index contributed by atoms with van der Waals surface area (Å²) in [7, 11) is 0. The molecule has 0 amide bonds. The summed E-state index contributed by atoms with van der Waals surface area (Å²) in [6, 6.07) is 13.9. The van der Waals surface area contributed by atoms with Crippen molar-refractivity contribution in [3.63, 3.8) is 0 Å². The first-order chi connectivity index (χ1) is 12.1. The summed E-state index contributed by atoms with van der Waals surface area (Å²) in [6.07, 6.45) is 6.55. The first-order valence-electron chi connectivity index (χ1n) is 8.71. The molecule has 4 nitrogen and oxygen atoms in total. The summed E-state index contributed by atoms with van der Waals surface area (Å²) in [5.74, 6) is 0.409. The second-order valence-electron chi connectivity index (χ2n) is 6.37. The fraction of sp³-hybridized carbons (Fsp3) is 0.286. The topological polar surface area (TPSA) is 73.1 Å². The Bertz CT molecular complexity index is 810. The van der Waals surface area contributed by atoms with Gasteiger partial charge in [-0.05, 0) is 43.9 Å². The molecule has 2 aliphatic rings. The van der Waals surface area contributed by atoms with Crippen LogP contribution in [-0.2, 0) is 11.2 Å². The molecule has 128 valence electrons.